The molecule has 0 spiro atoms. The lowest BCUT2D eigenvalue weighted by Gasteiger charge is -2.19. The van der Waals surface area contributed by atoms with E-state index in [1.165, 1.54) is 24.0 Å². The summed E-state index contributed by atoms with van der Waals surface area (Å²) in [5.41, 5.74) is 3.68. The van der Waals surface area contributed by atoms with Crippen molar-refractivity contribution in [2.75, 3.05) is 31.9 Å². The number of aryl methyl sites for hydroxylation is 2. The van der Waals surface area contributed by atoms with Crippen LogP contribution in [0.15, 0.2) is 41.3 Å². The van der Waals surface area contributed by atoms with E-state index in [0.29, 0.717) is 17.3 Å². The molecule has 0 bridgehead atoms. The van der Waals surface area contributed by atoms with Gasteiger partial charge in [0.2, 0.25) is 5.91 Å². The average molecular weight is 357 g/mol. The maximum Gasteiger partial charge on any atom is 0.237 e. The topological polar surface area (TPSA) is 38.8 Å². The van der Waals surface area contributed by atoms with E-state index < -0.39 is 0 Å². The van der Waals surface area contributed by atoms with Crippen molar-refractivity contribution < 1.29 is 14.3 Å². The molecule has 2 aromatic rings. The van der Waals surface area contributed by atoms with Gasteiger partial charge in [-0.05, 0) is 54.7 Å². The Morgan fingerprint density at radius 3 is 2.56 bits per heavy atom. The van der Waals surface area contributed by atoms with Gasteiger partial charge in [-0.2, -0.15) is 0 Å². The standard InChI is InChI=1S/C20H23NO3S/c1-21(16-8-10-18(23-2)19(12-16)24-3)20(22)13-25-17-9-7-14-5-4-6-15(14)11-17/h7-12H,4-6,13H2,1-3H3. The molecular formula is C20H23NO3S. The van der Waals surface area contributed by atoms with Crippen molar-refractivity contribution in [2.24, 2.45) is 0 Å². The van der Waals surface area contributed by atoms with Gasteiger partial charge in [0.15, 0.2) is 11.5 Å². The summed E-state index contributed by atoms with van der Waals surface area (Å²) in [4.78, 5) is 15.4. The molecular weight excluding hydrogens is 334 g/mol. The van der Waals surface area contributed by atoms with Crippen LogP contribution < -0.4 is 14.4 Å². The summed E-state index contributed by atoms with van der Waals surface area (Å²) in [6.07, 6.45) is 3.58. The molecule has 0 atom stereocenters. The van der Waals surface area contributed by atoms with E-state index in [-0.39, 0.29) is 5.91 Å². The number of hydrogen-bond acceptors (Lipinski definition) is 4. The Balaban J connectivity index is 1.64. The number of carbonyl (C=O) groups excluding carboxylic acids is 1. The van der Waals surface area contributed by atoms with Gasteiger partial charge in [-0.1, -0.05) is 6.07 Å². The van der Waals surface area contributed by atoms with Crippen molar-refractivity contribution in [3.05, 3.63) is 47.5 Å². The van der Waals surface area contributed by atoms with Crippen LogP contribution >= 0.6 is 11.8 Å². The van der Waals surface area contributed by atoms with E-state index in [4.69, 9.17) is 9.47 Å². The number of amides is 1. The summed E-state index contributed by atoms with van der Waals surface area (Å²) in [7, 11) is 4.97. The van der Waals surface area contributed by atoms with Gasteiger partial charge < -0.3 is 14.4 Å². The first-order valence-electron chi connectivity index (χ1n) is 8.35. The minimum atomic E-state index is 0.0534. The van der Waals surface area contributed by atoms with Crippen molar-refractivity contribution in [3.8, 4) is 11.5 Å². The van der Waals surface area contributed by atoms with E-state index in [1.54, 1.807) is 37.9 Å². The fourth-order valence-corrected chi connectivity index (χ4v) is 3.93. The van der Waals surface area contributed by atoms with E-state index >= 15 is 0 Å². The molecule has 0 radical (unpaired) electrons. The maximum atomic E-state index is 12.5. The van der Waals surface area contributed by atoms with Gasteiger partial charge >= 0.3 is 0 Å². The van der Waals surface area contributed by atoms with Crippen molar-refractivity contribution in [3.63, 3.8) is 0 Å². The zero-order chi connectivity index (χ0) is 17.8. The van der Waals surface area contributed by atoms with E-state index in [1.807, 2.05) is 18.2 Å². The predicted molar refractivity (Wildman–Crippen MR) is 102 cm³/mol. The van der Waals surface area contributed by atoms with Crippen LogP contribution in [0.5, 0.6) is 11.5 Å². The Morgan fingerprint density at radius 2 is 1.80 bits per heavy atom. The molecule has 0 aromatic heterocycles. The first kappa shape index (κ1) is 17.7. The Bertz CT molecular complexity index is 776. The lowest BCUT2D eigenvalue weighted by atomic mass is 10.1. The van der Waals surface area contributed by atoms with Crippen molar-refractivity contribution in [1.82, 2.24) is 0 Å². The molecule has 4 nitrogen and oxygen atoms in total. The maximum absolute atomic E-state index is 12.5. The summed E-state index contributed by atoms with van der Waals surface area (Å²) in [6.45, 7) is 0. The third-order valence-corrected chi connectivity index (χ3v) is 5.54. The first-order chi connectivity index (χ1) is 12.1. The normalized spacial score (nSPS) is 12.6. The zero-order valence-corrected chi connectivity index (χ0v) is 15.7. The van der Waals surface area contributed by atoms with Crippen LogP contribution in [0.25, 0.3) is 0 Å². The molecule has 0 N–H and O–H groups in total. The molecule has 0 saturated carbocycles. The van der Waals surface area contributed by atoms with Crippen LogP contribution in [0.4, 0.5) is 5.69 Å². The number of anilines is 1. The van der Waals surface area contributed by atoms with Gasteiger partial charge in [0, 0.05) is 23.7 Å². The summed E-state index contributed by atoms with van der Waals surface area (Å²) in [6, 6.07) is 12.0. The van der Waals surface area contributed by atoms with Gasteiger partial charge in [-0.15, -0.1) is 11.8 Å². The van der Waals surface area contributed by atoms with Crippen molar-refractivity contribution in [2.45, 2.75) is 24.2 Å². The first-order valence-corrected chi connectivity index (χ1v) is 9.34. The molecule has 25 heavy (non-hydrogen) atoms. The Kier molecular flexibility index (Phi) is 5.53. The number of thioether (sulfide) groups is 1. The van der Waals surface area contributed by atoms with E-state index in [9.17, 15) is 4.79 Å². The number of fused-ring (bicyclic) bond motifs is 1. The van der Waals surface area contributed by atoms with Crippen LogP contribution in [0.1, 0.15) is 17.5 Å². The van der Waals surface area contributed by atoms with Crippen LogP contribution in [0, 0.1) is 0 Å². The summed E-state index contributed by atoms with van der Waals surface area (Å²) >= 11 is 1.59. The van der Waals surface area contributed by atoms with Gasteiger partial charge in [-0.3, -0.25) is 4.79 Å². The minimum absolute atomic E-state index is 0.0534. The summed E-state index contributed by atoms with van der Waals surface area (Å²) in [5, 5.41) is 0. The van der Waals surface area contributed by atoms with Crippen LogP contribution in [0.3, 0.4) is 0 Å². The molecule has 0 fully saturated rings. The lowest BCUT2D eigenvalue weighted by Crippen LogP contribution is -2.27. The fourth-order valence-electron chi connectivity index (χ4n) is 3.06. The molecule has 0 aliphatic heterocycles. The highest BCUT2D eigenvalue weighted by Crippen LogP contribution is 2.32. The minimum Gasteiger partial charge on any atom is -0.493 e. The second kappa shape index (κ2) is 7.83. The molecule has 0 saturated heterocycles. The molecule has 2 aromatic carbocycles. The highest BCUT2D eigenvalue weighted by atomic mass is 32.2. The Hall–Kier alpha value is -2.14. The fraction of sp³-hybridized carbons (Fsp3) is 0.350. The summed E-state index contributed by atoms with van der Waals surface area (Å²) in [5.74, 6) is 1.73. The number of rotatable bonds is 6. The van der Waals surface area contributed by atoms with Gasteiger partial charge in [0.25, 0.3) is 0 Å². The number of benzene rings is 2. The average Bonchev–Trinajstić information content (AvgIpc) is 3.12. The monoisotopic (exact) mass is 357 g/mol. The molecule has 1 aliphatic rings. The third kappa shape index (κ3) is 3.93. The van der Waals surface area contributed by atoms with Gasteiger partial charge in [0.1, 0.15) is 0 Å². The molecule has 5 heteroatoms. The number of nitrogens with zero attached hydrogens (tertiary/aromatic N) is 1. The quantitative estimate of drug-likeness (QED) is 0.734. The highest BCUT2D eigenvalue weighted by Gasteiger charge is 2.15. The molecule has 3 rings (SSSR count). The van der Waals surface area contributed by atoms with Crippen molar-refractivity contribution in [1.29, 1.82) is 0 Å². The second-order valence-corrected chi connectivity index (χ2v) is 7.11. The molecule has 0 heterocycles. The van der Waals surface area contributed by atoms with Gasteiger partial charge in [-0.25, -0.2) is 0 Å². The van der Waals surface area contributed by atoms with Crippen LogP contribution in [0.2, 0.25) is 0 Å². The molecule has 0 unspecified atom stereocenters. The number of hydrogen-bond donors (Lipinski definition) is 0. The number of ether oxygens (including phenoxy) is 2. The Labute approximate surface area is 153 Å². The number of carbonyl (C=O) groups is 1. The molecule has 1 amide bonds. The zero-order valence-electron chi connectivity index (χ0n) is 14.9. The number of methoxy groups -OCH3 is 2. The third-order valence-electron chi connectivity index (χ3n) is 4.56. The highest BCUT2D eigenvalue weighted by molar-refractivity contribution is 8.00. The second-order valence-electron chi connectivity index (χ2n) is 6.06. The predicted octanol–water partition coefficient (Wildman–Crippen LogP) is 3.95. The lowest BCUT2D eigenvalue weighted by molar-refractivity contribution is -0.115. The Morgan fingerprint density at radius 1 is 1.04 bits per heavy atom. The van der Waals surface area contributed by atoms with Crippen molar-refractivity contribution >= 4 is 23.4 Å². The largest absolute Gasteiger partial charge is 0.493 e. The SMILES string of the molecule is COc1ccc(N(C)C(=O)CSc2ccc3c(c2)CCC3)cc1OC. The van der Waals surface area contributed by atoms with Gasteiger partial charge in [0.05, 0.1) is 20.0 Å². The van der Waals surface area contributed by atoms with E-state index in [2.05, 4.69) is 18.2 Å². The van der Waals surface area contributed by atoms with E-state index in [0.717, 1.165) is 17.0 Å². The smallest absolute Gasteiger partial charge is 0.237 e. The molecule has 132 valence electrons. The molecule has 1 aliphatic carbocycles. The van der Waals surface area contributed by atoms with Crippen LogP contribution in [-0.4, -0.2) is 32.9 Å². The van der Waals surface area contributed by atoms with Crippen LogP contribution in [-0.2, 0) is 17.6 Å². The summed E-state index contributed by atoms with van der Waals surface area (Å²) < 4.78 is 10.6.